The minimum atomic E-state index is -0.00883. The van der Waals surface area contributed by atoms with E-state index in [9.17, 15) is 4.79 Å². The first kappa shape index (κ1) is 19.5. The number of nitrogens with one attached hydrogen (secondary N) is 1. The Bertz CT molecular complexity index is 556. The maximum atomic E-state index is 12.4. The Morgan fingerprint density at radius 1 is 1.24 bits per heavy atom. The molecule has 6 heteroatoms. The third kappa shape index (κ3) is 5.61. The van der Waals surface area contributed by atoms with Gasteiger partial charge in [-0.05, 0) is 24.1 Å². The minimum absolute atomic E-state index is 0.00883. The fraction of sp³-hybridized carbons (Fsp3) is 0.632. The van der Waals surface area contributed by atoms with Gasteiger partial charge in [0.05, 0.1) is 33.9 Å². The van der Waals surface area contributed by atoms with Gasteiger partial charge in [0.1, 0.15) is 11.5 Å². The van der Waals surface area contributed by atoms with Crippen LogP contribution in [0.5, 0.6) is 11.5 Å². The largest absolute Gasteiger partial charge is 0.497 e. The maximum Gasteiger partial charge on any atom is 0.224 e. The average molecular weight is 350 g/mol. The summed E-state index contributed by atoms with van der Waals surface area (Å²) in [6.45, 7) is 8.39. The fourth-order valence-corrected chi connectivity index (χ4v) is 3.17. The molecule has 1 aliphatic rings. The Balaban J connectivity index is 1.94. The number of hydrogen-bond donors (Lipinski definition) is 1. The molecule has 0 saturated carbocycles. The number of amides is 1. The van der Waals surface area contributed by atoms with Gasteiger partial charge in [-0.3, -0.25) is 9.69 Å². The SMILES string of the molecule is COc1ccc(OC)c(CC(=O)NCC(C(C)C)N2CCOCC2)c1. The second kappa shape index (κ2) is 9.63. The Kier molecular flexibility index (Phi) is 7.52. The van der Waals surface area contributed by atoms with Gasteiger partial charge in [0.2, 0.25) is 5.91 Å². The van der Waals surface area contributed by atoms with E-state index in [2.05, 4.69) is 24.1 Å². The van der Waals surface area contributed by atoms with Crippen LogP contribution < -0.4 is 14.8 Å². The highest BCUT2D eigenvalue weighted by atomic mass is 16.5. The lowest BCUT2D eigenvalue weighted by molar-refractivity contribution is -0.120. The maximum absolute atomic E-state index is 12.4. The number of nitrogens with zero attached hydrogens (tertiary/aromatic N) is 1. The van der Waals surface area contributed by atoms with Crippen molar-refractivity contribution in [1.82, 2.24) is 10.2 Å². The lowest BCUT2D eigenvalue weighted by atomic mass is 10.0. The van der Waals surface area contributed by atoms with Crippen molar-refractivity contribution in [3.63, 3.8) is 0 Å². The van der Waals surface area contributed by atoms with Crippen LogP contribution in [0.4, 0.5) is 0 Å². The van der Waals surface area contributed by atoms with Gasteiger partial charge >= 0.3 is 0 Å². The average Bonchev–Trinajstić information content (AvgIpc) is 2.62. The first-order chi connectivity index (χ1) is 12.0. The molecule has 0 radical (unpaired) electrons. The van der Waals surface area contributed by atoms with Gasteiger partial charge in [0.15, 0.2) is 0 Å². The molecule has 25 heavy (non-hydrogen) atoms. The van der Waals surface area contributed by atoms with Crippen LogP contribution in [-0.2, 0) is 16.0 Å². The highest BCUT2D eigenvalue weighted by Crippen LogP contribution is 2.24. The summed E-state index contributed by atoms with van der Waals surface area (Å²) >= 11 is 0. The molecule has 6 nitrogen and oxygen atoms in total. The molecule has 1 fully saturated rings. The van der Waals surface area contributed by atoms with Gasteiger partial charge in [-0.25, -0.2) is 0 Å². The number of methoxy groups -OCH3 is 2. The van der Waals surface area contributed by atoms with Crippen LogP contribution in [-0.4, -0.2) is 63.9 Å². The topological polar surface area (TPSA) is 60.0 Å². The van der Waals surface area contributed by atoms with Gasteiger partial charge in [-0.1, -0.05) is 13.8 Å². The first-order valence-corrected chi connectivity index (χ1v) is 8.84. The number of rotatable bonds is 8. The summed E-state index contributed by atoms with van der Waals surface area (Å²) < 4.78 is 16.0. The summed E-state index contributed by atoms with van der Waals surface area (Å²) in [7, 11) is 3.22. The highest BCUT2D eigenvalue weighted by molar-refractivity contribution is 5.79. The van der Waals surface area contributed by atoms with Crippen LogP contribution in [0.2, 0.25) is 0 Å². The van der Waals surface area contributed by atoms with Crippen molar-refractivity contribution >= 4 is 5.91 Å². The number of morpholine rings is 1. The van der Waals surface area contributed by atoms with Gasteiger partial charge in [0, 0.05) is 31.2 Å². The molecule has 1 aliphatic heterocycles. The molecule has 1 saturated heterocycles. The smallest absolute Gasteiger partial charge is 0.224 e. The Morgan fingerprint density at radius 2 is 1.96 bits per heavy atom. The molecular weight excluding hydrogens is 320 g/mol. The van der Waals surface area contributed by atoms with E-state index >= 15 is 0 Å². The lowest BCUT2D eigenvalue weighted by Gasteiger charge is -2.36. The number of ether oxygens (including phenoxy) is 3. The zero-order chi connectivity index (χ0) is 18.2. The summed E-state index contributed by atoms with van der Waals surface area (Å²) in [4.78, 5) is 14.8. The van der Waals surface area contributed by atoms with Crippen LogP contribution in [0.25, 0.3) is 0 Å². The molecule has 0 aliphatic carbocycles. The molecule has 1 aromatic carbocycles. The van der Waals surface area contributed by atoms with Gasteiger partial charge in [-0.15, -0.1) is 0 Å². The number of hydrogen-bond acceptors (Lipinski definition) is 5. The molecule has 1 unspecified atom stereocenters. The lowest BCUT2D eigenvalue weighted by Crippen LogP contribution is -2.51. The van der Waals surface area contributed by atoms with E-state index in [1.807, 2.05) is 18.2 Å². The zero-order valence-electron chi connectivity index (χ0n) is 15.7. The number of carbonyl (C=O) groups is 1. The van der Waals surface area contributed by atoms with Crippen LogP contribution >= 0.6 is 0 Å². The summed E-state index contributed by atoms with van der Waals surface area (Å²) in [6.07, 6.45) is 0.272. The second-order valence-corrected chi connectivity index (χ2v) is 6.62. The van der Waals surface area contributed by atoms with Crippen molar-refractivity contribution in [2.45, 2.75) is 26.3 Å². The van der Waals surface area contributed by atoms with Crippen LogP contribution in [0.3, 0.4) is 0 Å². The van der Waals surface area contributed by atoms with Crippen molar-refractivity contribution in [3.8, 4) is 11.5 Å². The van der Waals surface area contributed by atoms with Crippen LogP contribution in [0.15, 0.2) is 18.2 Å². The Morgan fingerprint density at radius 3 is 2.56 bits per heavy atom. The predicted molar refractivity (Wildman–Crippen MR) is 97.3 cm³/mol. The van der Waals surface area contributed by atoms with Crippen LogP contribution in [0.1, 0.15) is 19.4 Å². The minimum Gasteiger partial charge on any atom is -0.497 e. The third-order valence-electron chi connectivity index (χ3n) is 4.63. The molecule has 1 amide bonds. The first-order valence-electron chi connectivity index (χ1n) is 8.84. The van der Waals surface area contributed by atoms with E-state index in [0.717, 1.165) is 37.6 Å². The Hall–Kier alpha value is -1.79. The van der Waals surface area contributed by atoms with Crippen molar-refractivity contribution < 1.29 is 19.0 Å². The van der Waals surface area contributed by atoms with Crippen molar-refractivity contribution in [2.75, 3.05) is 47.1 Å². The zero-order valence-corrected chi connectivity index (χ0v) is 15.7. The summed E-state index contributed by atoms with van der Waals surface area (Å²) in [6, 6.07) is 5.82. The van der Waals surface area contributed by atoms with E-state index in [-0.39, 0.29) is 12.3 Å². The molecule has 140 valence electrons. The molecule has 2 rings (SSSR count). The van der Waals surface area contributed by atoms with Gasteiger partial charge in [-0.2, -0.15) is 0 Å². The van der Waals surface area contributed by atoms with Gasteiger partial charge in [0.25, 0.3) is 0 Å². The molecule has 1 N–H and O–H groups in total. The van der Waals surface area contributed by atoms with Crippen molar-refractivity contribution in [3.05, 3.63) is 23.8 Å². The monoisotopic (exact) mass is 350 g/mol. The molecule has 0 aromatic heterocycles. The van der Waals surface area contributed by atoms with E-state index < -0.39 is 0 Å². The second-order valence-electron chi connectivity index (χ2n) is 6.62. The van der Waals surface area contributed by atoms with E-state index in [4.69, 9.17) is 14.2 Å². The Labute approximate surface area is 150 Å². The van der Waals surface area contributed by atoms with E-state index in [0.29, 0.717) is 24.3 Å². The number of benzene rings is 1. The quantitative estimate of drug-likeness (QED) is 0.774. The molecule has 1 heterocycles. The predicted octanol–water partition coefficient (Wildman–Crippen LogP) is 1.72. The van der Waals surface area contributed by atoms with Gasteiger partial charge < -0.3 is 19.5 Å². The standard InChI is InChI=1S/C19H30N2O4/c1-14(2)17(21-7-9-25-10-8-21)13-20-19(22)12-15-11-16(23-3)5-6-18(15)24-4/h5-6,11,14,17H,7-10,12-13H2,1-4H3,(H,20,22). The molecular formula is C19H30N2O4. The van der Waals surface area contributed by atoms with E-state index in [1.165, 1.54) is 0 Å². The highest BCUT2D eigenvalue weighted by Gasteiger charge is 2.24. The molecule has 0 bridgehead atoms. The molecule has 1 aromatic rings. The fourth-order valence-electron chi connectivity index (χ4n) is 3.17. The summed E-state index contributed by atoms with van der Waals surface area (Å²) in [5.41, 5.74) is 0.826. The molecule has 0 spiro atoms. The van der Waals surface area contributed by atoms with E-state index in [1.54, 1.807) is 14.2 Å². The van der Waals surface area contributed by atoms with Crippen LogP contribution in [0, 0.1) is 5.92 Å². The summed E-state index contributed by atoms with van der Waals surface area (Å²) in [5, 5.41) is 3.08. The normalized spacial score (nSPS) is 16.5. The molecule has 1 atom stereocenters. The third-order valence-corrected chi connectivity index (χ3v) is 4.63. The van der Waals surface area contributed by atoms with Crippen molar-refractivity contribution in [1.29, 1.82) is 0 Å². The number of carbonyl (C=O) groups excluding carboxylic acids is 1. The summed E-state index contributed by atoms with van der Waals surface area (Å²) in [5.74, 6) is 1.87. The van der Waals surface area contributed by atoms with Crippen molar-refractivity contribution in [2.24, 2.45) is 5.92 Å².